The molecule has 2 heterocycles. The van der Waals surface area contributed by atoms with E-state index in [2.05, 4.69) is 14.9 Å². The van der Waals surface area contributed by atoms with Crippen molar-refractivity contribution in [3.63, 3.8) is 0 Å². The Morgan fingerprint density at radius 3 is 2.64 bits per heavy atom. The summed E-state index contributed by atoms with van der Waals surface area (Å²) in [4.78, 5) is 22.5. The predicted molar refractivity (Wildman–Crippen MR) is 84.2 cm³/mol. The highest BCUT2D eigenvalue weighted by atomic mass is 16.2. The van der Waals surface area contributed by atoms with E-state index in [0.29, 0.717) is 6.42 Å². The molecule has 0 radical (unpaired) electrons. The molecule has 1 amide bonds. The lowest BCUT2D eigenvalue weighted by Crippen LogP contribution is -2.31. The zero-order chi connectivity index (χ0) is 14.7. The maximum atomic E-state index is 12.6. The topological polar surface area (TPSA) is 49.0 Å². The van der Waals surface area contributed by atoms with E-state index in [1.165, 1.54) is 19.3 Å². The molecule has 1 aromatic heterocycles. The molecule has 2 aromatic rings. The number of rotatable bonds is 2. The second kappa shape index (κ2) is 4.58. The van der Waals surface area contributed by atoms with Crippen LogP contribution in [0.15, 0.2) is 24.3 Å². The number of hydrogen-bond donors (Lipinski definition) is 1. The van der Waals surface area contributed by atoms with Gasteiger partial charge in [0.25, 0.3) is 0 Å². The normalized spacial score (nSPS) is 32.8. The Morgan fingerprint density at radius 1 is 1.18 bits per heavy atom. The number of imidazole rings is 1. The van der Waals surface area contributed by atoms with E-state index < -0.39 is 0 Å². The third kappa shape index (κ3) is 1.82. The van der Waals surface area contributed by atoms with Crippen molar-refractivity contribution in [1.82, 2.24) is 14.9 Å². The second-order valence-electron chi connectivity index (χ2n) is 7.34. The summed E-state index contributed by atoms with van der Waals surface area (Å²) in [5, 5.41) is 0. The molecule has 2 aliphatic carbocycles. The number of fused-ring (bicyclic) bond motifs is 6. The van der Waals surface area contributed by atoms with Crippen LogP contribution < -0.4 is 0 Å². The van der Waals surface area contributed by atoms with Crippen molar-refractivity contribution in [2.24, 2.45) is 23.7 Å². The van der Waals surface area contributed by atoms with Crippen LogP contribution in [0.1, 0.15) is 25.1 Å². The average Bonchev–Trinajstić information content (AvgIpc) is 3.26. The van der Waals surface area contributed by atoms with Crippen LogP contribution in [-0.2, 0) is 11.2 Å². The van der Waals surface area contributed by atoms with Gasteiger partial charge in [-0.15, -0.1) is 0 Å². The molecule has 1 aliphatic heterocycles. The van der Waals surface area contributed by atoms with Gasteiger partial charge in [-0.2, -0.15) is 0 Å². The fourth-order valence-corrected chi connectivity index (χ4v) is 5.23. The first kappa shape index (κ1) is 12.7. The number of benzene rings is 1. The monoisotopic (exact) mass is 295 g/mol. The third-order valence-electron chi connectivity index (χ3n) is 6.25. The molecule has 0 unspecified atom stereocenters. The number of H-pyrrole nitrogens is 1. The highest BCUT2D eigenvalue weighted by molar-refractivity contribution is 5.80. The van der Waals surface area contributed by atoms with E-state index in [9.17, 15) is 4.79 Å². The Labute approximate surface area is 129 Å². The Morgan fingerprint density at radius 2 is 1.91 bits per heavy atom. The largest absolute Gasteiger partial charge is 0.342 e. The fourth-order valence-electron chi connectivity index (χ4n) is 5.23. The number of carbonyl (C=O) groups is 1. The van der Waals surface area contributed by atoms with E-state index in [-0.39, 0.29) is 5.91 Å². The number of nitrogens with zero attached hydrogens (tertiary/aromatic N) is 2. The Kier molecular flexibility index (Phi) is 2.64. The molecule has 22 heavy (non-hydrogen) atoms. The van der Waals surface area contributed by atoms with E-state index in [1.54, 1.807) is 0 Å². The van der Waals surface area contributed by atoms with Gasteiger partial charge in [0.1, 0.15) is 5.82 Å². The summed E-state index contributed by atoms with van der Waals surface area (Å²) in [6.45, 7) is 1.98. The smallest absolute Gasteiger partial charge is 0.230 e. The van der Waals surface area contributed by atoms with Crippen molar-refractivity contribution in [3.8, 4) is 0 Å². The van der Waals surface area contributed by atoms with E-state index in [0.717, 1.165) is 53.6 Å². The standard InChI is InChI=1S/C18H21N3O/c22-18(8-17-19-15-3-1-2-4-16(15)20-17)21-9-13-11-5-6-12(7-11)14(13)10-21/h1-4,11-14H,5-10H2,(H,19,20)/t11-,12+,13-,14+. The van der Waals surface area contributed by atoms with Gasteiger partial charge in [0, 0.05) is 13.1 Å². The molecule has 4 heteroatoms. The molecule has 114 valence electrons. The summed E-state index contributed by atoms with van der Waals surface area (Å²) >= 11 is 0. The van der Waals surface area contributed by atoms with Crippen LogP contribution in [0.25, 0.3) is 11.0 Å². The lowest BCUT2D eigenvalue weighted by molar-refractivity contribution is -0.129. The zero-order valence-electron chi connectivity index (χ0n) is 12.7. The van der Waals surface area contributed by atoms with Crippen LogP contribution in [0.5, 0.6) is 0 Å². The molecule has 0 spiro atoms. The van der Waals surface area contributed by atoms with Gasteiger partial charge in [-0.25, -0.2) is 4.98 Å². The quantitative estimate of drug-likeness (QED) is 0.926. The van der Waals surface area contributed by atoms with Crippen LogP contribution >= 0.6 is 0 Å². The molecule has 3 aliphatic rings. The van der Waals surface area contributed by atoms with Crippen molar-refractivity contribution in [2.45, 2.75) is 25.7 Å². The summed E-state index contributed by atoms with van der Waals surface area (Å²) in [6, 6.07) is 7.96. The molecule has 1 aromatic carbocycles. The van der Waals surface area contributed by atoms with Crippen molar-refractivity contribution in [2.75, 3.05) is 13.1 Å². The molecular weight excluding hydrogens is 274 g/mol. The number of likely N-dealkylation sites (tertiary alicyclic amines) is 1. The van der Waals surface area contributed by atoms with Gasteiger partial charge >= 0.3 is 0 Å². The molecule has 1 saturated heterocycles. The Balaban J connectivity index is 1.31. The van der Waals surface area contributed by atoms with Gasteiger partial charge in [0.15, 0.2) is 0 Å². The predicted octanol–water partition coefficient (Wildman–Crippen LogP) is 2.61. The lowest BCUT2D eigenvalue weighted by atomic mass is 9.82. The van der Waals surface area contributed by atoms with Crippen LogP contribution in [0, 0.1) is 23.7 Å². The van der Waals surface area contributed by atoms with Gasteiger partial charge in [0.2, 0.25) is 5.91 Å². The first-order valence-corrected chi connectivity index (χ1v) is 8.49. The SMILES string of the molecule is O=C(Cc1nc2ccccc2[nH]1)N1C[C@@H]2[C@@H]3CC[C@@H](C3)[C@@H]2C1. The van der Waals surface area contributed by atoms with Crippen LogP contribution in [0.3, 0.4) is 0 Å². The number of para-hydroxylation sites is 2. The van der Waals surface area contributed by atoms with Crippen molar-refractivity contribution >= 4 is 16.9 Å². The molecule has 1 N–H and O–H groups in total. The minimum absolute atomic E-state index is 0.243. The molecule has 4 nitrogen and oxygen atoms in total. The lowest BCUT2D eigenvalue weighted by Gasteiger charge is -2.22. The second-order valence-corrected chi connectivity index (χ2v) is 7.34. The number of hydrogen-bond acceptors (Lipinski definition) is 2. The summed E-state index contributed by atoms with van der Waals surface area (Å²) in [5.74, 6) is 4.42. The zero-order valence-corrected chi connectivity index (χ0v) is 12.7. The minimum atomic E-state index is 0.243. The van der Waals surface area contributed by atoms with Crippen LogP contribution in [0.4, 0.5) is 0 Å². The maximum absolute atomic E-state index is 12.6. The molecule has 3 fully saturated rings. The third-order valence-corrected chi connectivity index (χ3v) is 6.25. The Hall–Kier alpha value is -1.84. The number of aromatic amines is 1. The van der Waals surface area contributed by atoms with Gasteiger partial charge < -0.3 is 9.88 Å². The van der Waals surface area contributed by atoms with Crippen molar-refractivity contribution in [1.29, 1.82) is 0 Å². The van der Waals surface area contributed by atoms with Crippen molar-refractivity contribution in [3.05, 3.63) is 30.1 Å². The molecule has 4 atom stereocenters. The van der Waals surface area contributed by atoms with Gasteiger partial charge in [-0.3, -0.25) is 4.79 Å². The molecule has 2 saturated carbocycles. The summed E-state index contributed by atoms with van der Waals surface area (Å²) in [6.07, 6.45) is 4.64. The number of carbonyl (C=O) groups excluding carboxylic acids is 1. The highest BCUT2D eigenvalue weighted by Gasteiger charge is 2.52. The highest BCUT2D eigenvalue weighted by Crippen LogP contribution is 2.55. The summed E-state index contributed by atoms with van der Waals surface area (Å²) in [5.41, 5.74) is 1.96. The van der Waals surface area contributed by atoms with Gasteiger partial charge in [-0.05, 0) is 55.1 Å². The average molecular weight is 295 g/mol. The summed E-state index contributed by atoms with van der Waals surface area (Å²) in [7, 11) is 0. The van der Waals surface area contributed by atoms with Crippen LogP contribution in [0.2, 0.25) is 0 Å². The number of aromatic nitrogens is 2. The van der Waals surface area contributed by atoms with Gasteiger partial charge in [-0.1, -0.05) is 12.1 Å². The first-order chi connectivity index (χ1) is 10.8. The molecular formula is C18H21N3O. The maximum Gasteiger partial charge on any atom is 0.230 e. The van der Waals surface area contributed by atoms with Crippen LogP contribution in [-0.4, -0.2) is 33.9 Å². The number of amides is 1. The number of nitrogens with one attached hydrogen (secondary N) is 1. The van der Waals surface area contributed by atoms with E-state index in [4.69, 9.17) is 0 Å². The van der Waals surface area contributed by atoms with E-state index >= 15 is 0 Å². The summed E-state index contributed by atoms with van der Waals surface area (Å²) < 4.78 is 0. The molecule has 5 rings (SSSR count). The Bertz CT molecular complexity index is 686. The molecule has 2 bridgehead atoms. The van der Waals surface area contributed by atoms with E-state index in [1.807, 2.05) is 24.3 Å². The first-order valence-electron chi connectivity index (χ1n) is 8.49. The van der Waals surface area contributed by atoms with Crippen molar-refractivity contribution < 1.29 is 4.79 Å². The fraction of sp³-hybridized carbons (Fsp3) is 0.556. The minimum Gasteiger partial charge on any atom is -0.342 e. The van der Waals surface area contributed by atoms with Gasteiger partial charge in [0.05, 0.1) is 17.5 Å².